The second-order valence-electron chi connectivity index (χ2n) is 10.1. The molecule has 7 rings (SSSR count). The highest BCUT2D eigenvalue weighted by Gasteiger charge is 2.32. The Morgan fingerprint density at radius 2 is 1.78 bits per heavy atom. The van der Waals surface area contributed by atoms with E-state index < -0.39 is 6.04 Å². The minimum atomic E-state index is -0.431. The molecule has 0 unspecified atom stereocenters. The molecule has 1 aliphatic carbocycles. The molecular weight excluding hydrogens is 555 g/mol. The van der Waals surface area contributed by atoms with Gasteiger partial charge in [0.05, 0.1) is 16.3 Å². The summed E-state index contributed by atoms with van der Waals surface area (Å²) in [6.07, 6.45) is 3.45. The summed E-state index contributed by atoms with van der Waals surface area (Å²) in [6.45, 7) is 0.303. The van der Waals surface area contributed by atoms with E-state index in [1.165, 1.54) is 29.0 Å². The third kappa shape index (κ3) is 4.73. The second kappa shape index (κ2) is 10.6. The van der Waals surface area contributed by atoms with E-state index in [4.69, 9.17) is 21.3 Å². The van der Waals surface area contributed by atoms with Gasteiger partial charge in [0.15, 0.2) is 4.80 Å². The molecule has 4 nitrogen and oxygen atoms in total. The molecular formula is C34H24ClFN2O2S. The van der Waals surface area contributed by atoms with Gasteiger partial charge in [-0.15, -0.1) is 0 Å². The lowest BCUT2D eigenvalue weighted by atomic mass is 9.83. The first kappa shape index (κ1) is 25.7. The predicted octanol–water partition coefficient (Wildman–Crippen LogP) is 6.69. The highest BCUT2D eigenvalue weighted by atomic mass is 35.5. The monoisotopic (exact) mass is 578 g/mol. The van der Waals surface area contributed by atoms with E-state index in [0.717, 1.165) is 46.4 Å². The van der Waals surface area contributed by atoms with Crippen molar-refractivity contribution in [1.82, 2.24) is 4.57 Å². The average molecular weight is 579 g/mol. The molecule has 2 heterocycles. The van der Waals surface area contributed by atoms with Crippen LogP contribution in [0.2, 0.25) is 5.02 Å². The summed E-state index contributed by atoms with van der Waals surface area (Å²) in [5.74, 6) is 0.317. The maximum absolute atomic E-state index is 14.5. The van der Waals surface area contributed by atoms with Crippen LogP contribution in [0.25, 0.3) is 11.8 Å². The Morgan fingerprint density at radius 3 is 2.66 bits per heavy atom. The molecule has 2 aliphatic rings. The quantitative estimate of drug-likeness (QED) is 0.233. The predicted molar refractivity (Wildman–Crippen MR) is 161 cm³/mol. The number of aryl methyl sites for hydroxylation is 1. The van der Waals surface area contributed by atoms with Crippen LogP contribution in [-0.4, -0.2) is 4.57 Å². The standard InChI is InChI=1S/C34H24ClFN2O2S/c35-28-14-5-2-10-24(28)20-40-29-15-6-3-9-22(29)19-30-33(39)38-32(23-11-7-12-25(36)18-23)27-17-16-21-8-1-4-13-26(21)31(27)37-34(38)41-30/h1-15,18-19,32H,16-17,20H2/t32-/m0/s1. The molecule has 1 aromatic heterocycles. The van der Waals surface area contributed by atoms with Crippen LogP contribution in [0.1, 0.15) is 40.3 Å². The largest absolute Gasteiger partial charge is 0.488 e. The molecule has 1 aliphatic heterocycles. The van der Waals surface area contributed by atoms with E-state index in [1.54, 1.807) is 10.6 Å². The van der Waals surface area contributed by atoms with Crippen LogP contribution < -0.4 is 19.6 Å². The Kier molecular flexibility index (Phi) is 6.65. The summed E-state index contributed by atoms with van der Waals surface area (Å²) < 4.78 is 22.9. The van der Waals surface area contributed by atoms with Crippen LogP contribution in [0, 0.1) is 5.82 Å². The molecule has 0 radical (unpaired) electrons. The first-order chi connectivity index (χ1) is 20.1. The lowest BCUT2D eigenvalue weighted by Crippen LogP contribution is -2.38. The number of para-hydroxylation sites is 1. The van der Waals surface area contributed by atoms with Crippen molar-refractivity contribution in [3.63, 3.8) is 0 Å². The van der Waals surface area contributed by atoms with Crippen LogP contribution in [0.5, 0.6) is 5.75 Å². The molecule has 0 amide bonds. The molecule has 0 bridgehead atoms. The minimum absolute atomic E-state index is 0.158. The lowest BCUT2D eigenvalue weighted by molar-refractivity contribution is 0.305. The van der Waals surface area contributed by atoms with Gasteiger partial charge in [0.1, 0.15) is 18.2 Å². The number of rotatable bonds is 5. The molecule has 1 atom stereocenters. The molecule has 5 aromatic rings. The minimum Gasteiger partial charge on any atom is -0.488 e. The summed E-state index contributed by atoms with van der Waals surface area (Å²) in [7, 11) is 0. The van der Waals surface area contributed by atoms with Gasteiger partial charge in [-0.1, -0.05) is 95.7 Å². The van der Waals surface area contributed by atoms with Gasteiger partial charge in [-0.25, -0.2) is 9.38 Å². The van der Waals surface area contributed by atoms with Gasteiger partial charge in [-0.2, -0.15) is 0 Å². The Bertz CT molecular complexity index is 2030. The number of hydrogen-bond donors (Lipinski definition) is 0. The van der Waals surface area contributed by atoms with E-state index in [-0.39, 0.29) is 11.4 Å². The Balaban J connectivity index is 1.37. The molecule has 41 heavy (non-hydrogen) atoms. The number of thiazole rings is 1. The molecule has 0 saturated carbocycles. The normalized spacial score (nSPS) is 16.0. The van der Waals surface area contributed by atoms with Gasteiger partial charge in [0.2, 0.25) is 0 Å². The molecule has 0 N–H and O–H groups in total. The van der Waals surface area contributed by atoms with Gasteiger partial charge in [-0.3, -0.25) is 9.36 Å². The number of halogens is 2. The summed E-state index contributed by atoms with van der Waals surface area (Å²) in [4.78, 5) is 19.7. The third-order valence-corrected chi connectivity index (χ3v) is 8.94. The number of aromatic nitrogens is 1. The van der Waals surface area contributed by atoms with E-state index in [1.807, 2.05) is 72.8 Å². The zero-order valence-electron chi connectivity index (χ0n) is 21.9. The smallest absolute Gasteiger partial charge is 0.271 e. The highest BCUT2D eigenvalue weighted by Crippen LogP contribution is 2.41. The van der Waals surface area contributed by atoms with E-state index in [2.05, 4.69) is 12.1 Å². The van der Waals surface area contributed by atoms with Crippen molar-refractivity contribution in [1.29, 1.82) is 0 Å². The van der Waals surface area contributed by atoms with Crippen LogP contribution in [0.3, 0.4) is 0 Å². The summed E-state index contributed by atoms with van der Waals surface area (Å²) >= 11 is 7.67. The van der Waals surface area contributed by atoms with Crippen molar-refractivity contribution in [3.8, 4) is 5.75 Å². The first-order valence-electron chi connectivity index (χ1n) is 13.4. The van der Waals surface area contributed by atoms with Crippen molar-refractivity contribution in [2.24, 2.45) is 4.99 Å². The Hall–Kier alpha value is -4.26. The number of benzene rings is 4. The molecule has 0 spiro atoms. The number of fused-ring (bicyclic) bond motifs is 3. The van der Waals surface area contributed by atoms with Gasteiger partial charge in [0.25, 0.3) is 5.56 Å². The van der Waals surface area contributed by atoms with Crippen molar-refractivity contribution in [3.05, 3.63) is 161 Å². The SMILES string of the molecule is O=c1c(=Cc2ccccc2OCc2ccccc2Cl)sc2n1[C@@H](c1cccc(F)c1)C1=C(N=2)c2ccccc2CC1. The number of nitrogens with zero attached hydrogens (tertiary/aromatic N) is 2. The van der Waals surface area contributed by atoms with Gasteiger partial charge in [0, 0.05) is 21.7 Å². The maximum Gasteiger partial charge on any atom is 0.271 e. The number of allylic oxidation sites excluding steroid dienone is 1. The van der Waals surface area contributed by atoms with Gasteiger partial charge < -0.3 is 4.74 Å². The molecule has 202 valence electrons. The van der Waals surface area contributed by atoms with E-state index in [0.29, 0.717) is 26.7 Å². The van der Waals surface area contributed by atoms with Crippen LogP contribution in [0.15, 0.2) is 112 Å². The van der Waals surface area contributed by atoms with E-state index in [9.17, 15) is 9.18 Å². The zero-order chi connectivity index (χ0) is 27.9. The zero-order valence-corrected chi connectivity index (χ0v) is 23.5. The summed E-state index contributed by atoms with van der Waals surface area (Å²) in [5.41, 5.74) is 6.47. The van der Waals surface area contributed by atoms with Crippen LogP contribution >= 0.6 is 22.9 Å². The average Bonchev–Trinajstić information content (AvgIpc) is 3.30. The molecule has 0 fully saturated rings. The molecule has 4 aromatic carbocycles. The van der Waals surface area contributed by atoms with Crippen LogP contribution in [0.4, 0.5) is 4.39 Å². The molecule has 7 heteroatoms. The van der Waals surface area contributed by atoms with Crippen molar-refractivity contribution < 1.29 is 9.13 Å². The number of hydrogen-bond acceptors (Lipinski definition) is 4. The first-order valence-corrected chi connectivity index (χ1v) is 14.6. The fourth-order valence-corrected chi connectivity index (χ4v) is 6.82. The van der Waals surface area contributed by atoms with Gasteiger partial charge in [-0.05, 0) is 59.9 Å². The second-order valence-corrected chi connectivity index (χ2v) is 11.5. The van der Waals surface area contributed by atoms with Crippen molar-refractivity contribution >= 4 is 34.7 Å². The van der Waals surface area contributed by atoms with Gasteiger partial charge >= 0.3 is 0 Å². The molecule has 0 saturated heterocycles. The number of ether oxygens (including phenoxy) is 1. The third-order valence-electron chi connectivity index (χ3n) is 7.58. The van der Waals surface area contributed by atoms with Crippen molar-refractivity contribution in [2.45, 2.75) is 25.5 Å². The fraction of sp³-hybridized carbons (Fsp3) is 0.118. The van der Waals surface area contributed by atoms with E-state index >= 15 is 0 Å². The maximum atomic E-state index is 14.5. The topological polar surface area (TPSA) is 43.6 Å². The Labute approximate surface area is 245 Å². The van der Waals surface area contributed by atoms with Crippen LogP contribution in [-0.2, 0) is 13.0 Å². The highest BCUT2D eigenvalue weighted by molar-refractivity contribution is 7.07. The van der Waals surface area contributed by atoms with Crippen molar-refractivity contribution in [2.75, 3.05) is 0 Å². The lowest BCUT2D eigenvalue weighted by Gasteiger charge is -2.30. The fourth-order valence-electron chi connectivity index (χ4n) is 5.64. The summed E-state index contributed by atoms with van der Waals surface area (Å²) in [5, 5.41) is 0.640. The summed E-state index contributed by atoms with van der Waals surface area (Å²) in [6, 6.07) is 29.5. The Morgan fingerprint density at radius 1 is 0.976 bits per heavy atom.